The molecular formula is C39H46N8O6. The molecule has 14 nitrogen and oxygen atoms in total. The predicted molar refractivity (Wildman–Crippen MR) is 199 cm³/mol. The Morgan fingerprint density at radius 1 is 0.981 bits per heavy atom. The minimum Gasteiger partial charge on any atom is -0.496 e. The first-order valence-electron chi connectivity index (χ1n) is 18.4. The van der Waals surface area contributed by atoms with Gasteiger partial charge in [0.2, 0.25) is 17.7 Å². The van der Waals surface area contributed by atoms with Crippen LogP contribution in [0.4, 0.5) is 5.69 Å². The molecule has 0 radical (unpaired) electrons. The highest BCUT2D eigenvalue weighted by molar-refractivity contribution is 6.01. The number of piperazine rings is 1. The molecule has 2 bridgehead atoms. The van der Waals surface area contributed by atoms with Gasteiger partial charge in [-0.2, -0.15) is 5.10 Å². The Labute approximate surface area is 307 Å². The highest BCUT2D eigenvalue weighted by atomic mass is 16.5. The predicted octanol–water partition coefficient (Wildman–Crippen LogP) is 2.83. The van der Waals surface area contributed by atoms with Gasteiger partial charge in [-0.25, -0.2) is 0 Å². The van der Waals surface area contributed by atoms with Crippen molar-refractivity contribution in [2.75, 3.05) is 52.3 Å². The number of rotatable bonds is 10. The van der Waals surface area contributed by atoms with E-state index in [1.54, 1.807) is 32.0 Å². The van der Waals surface area contributed by atoms with Gasteiger partial charge in [-0.05, 0) is 80.1 Å². The number of likely N-dealkylation sites (tertiary alicyclic amines) is 3. The molecule has 4 aliphatic rings. The lowest BCUT2D eigenvalue weighted by molar-refractivity contribution is -0.135. The summed E-state index contributed by atoms with van der Waals surface area (Å²) in [6.07, 6.45) is 7.27. The van der Waals surface area contributed by atoms with Crippen LogP contribution in [0.1, 0.15) is 49.1 Å². The second-order valence-electron chi connectivity index (χ2n) is 14.8. The number of carbonyl (C=O) groups is 3. The molecule has 278 valence electrons. The molecule has 0 aliphatic carbocycles. The van der Waals surface area contributed by atoms with Crippen LogP contribution in [0, 0.1) is 0 Å². The van der Waals surface area contributed by atoms with Crippen LogP contribution in [-0.4, -0.2) is 112 Å². The van der Waals surface area contributed by atoms with Crippen LogP contribution in [0.15, 0.2) is 53.6 Å². The van der Waals surface area contributed by atoms with Crippen LogP contribution in [0.25, 0.3) is 22.0 Å². The molecule has 4 saturated heterocycles. The third kappa shape index (κ3) is 6.77. The summed E-state index contributed by atoms with van der Waals surface area (Å²) in [5.74, 6) is 1.57. The molecule has 14 heteroatoms. The zero-order chi connectivity index (χ0) is 36.8. The van der Waals surface area contributed by atoms with Crippen molar-refractivity contribution in [3.05, 3.63) is 70.3 Å². The van der Waals surface area contributed by atoms with Crippen molar-refractivity contribution in [2.24, 2.45) is 7.05 Å². The average Bonchev–Trinajstić information content (AvgIpc) is 3.92. The monoisotopic (exact) mass is 722 g/mol. The number of aromatic nitrogens is 3. The topological polar surface area (TPSA) is 154 Å². The molecule has 0 saturated carbocycles. The number of carbonyl (C=O) groups excluding carboxylic acids is 3. The van der Waals surface area contributed by atoms with Gasteiger partial charge in [0.25, 0.3) is 5.56 Å². The van der Waals surface area contributed by atoms with Gasteiger partial charge in [0.15, 0.2) is 0 Å². The molecule has 8 rings (SSSR count). The van der Waals surface area contributed by atoms with Gasteiger partial charge in [0.1, 0.15) is 23.1 Å². The molecule has 2 aromatic carbocycles. The van der Waals surface area contributed by atoms with E-state index in [0.29, 0.717) is 48.9 Å². The number of anilines is 1. The molecular weight excluding hydrogens is 676 g/mol. The normalized spacial score (nSPS) is 22.4. The number of aromatic amines is 1. The van der Waals surface area contributed by atoms with Crippen molar-refractivity contribution in [1.29, 1.82) is 0 Å². The quantitative estimate of drug-likeness (QED) is 0.208. The number of amides is 3. The maximum atomic E-state index is 13.6. The van der Waals surface area contributed by atoms with E-state index in [-0.39, 0.29) is 35.4 Å². The highest BCUT2D eigenvalue weighted by Crippen LogP contribution is 2.40. The third-order valence-electron chi connectivity index (χ3n) is 11.6. The Kier molecular flexibility index (Phi) is 9.41. The van der Waals surface area contributed by atoms with Crippen LogP contribution in [0.5, 0.6) is 11.5 Å². The fraction of sp³-hybridized carbons (Fsp3) is 0.462. The number of aryl methyl sites for hydroxylation is 1. The number of pyridine rings is 1. The van der Waals surface area contributed by atoms with Gasteiger partial charge in [-0.3, -0.25) is 39.4 Å². The van der Waals surface area contributed by atoms with Crippen molar-refractivity contribution in [3.8, 4) is 22.6 Å². The second kappa shape index (κ2) is 14.3. The van der Waals surface area contributed by atoms with Gasteiger partial charge in [-0.15, -0.1) is 0 Å². The van der Waals surface area contributed by atoms with Crippen molar-refractivity contribution in [3.63, 3.8) is 0 Å². The van der Waals surface area contributed by atoms with Crippen LogP contribution in [0.2, 0.25) is 0 Å². The molecule has 0 spiro atoms. The number of imide groups is 1. The van der Waals surface area contributed by atoms with Crippen molar-refractivity contribution < 1.29 is 23.9 Å². The maximum absolute atomic E-state index is 13.6. The molecule has 6 heterocycles. The SMILES string of the molecule is COc1cc(-c2cn(C)c(=O)c3[nH]ncc23)cc(OC)c1CN1CC2CC1CN2C(=O)CN1CCC(c2ccc(NC3CCC(=O)NC3=O)cc2)CC1. The number of H-pyrrole nitrogens is 1. The van der Waals surface area contributed by atoms with E-state index in [4.69, 9.17) is 9.47 Å². The van der Waals surface area contributed by atoms with Crippen molar-refractivity contribution >= 4 is 34.3 Å². The van der Waals surface area contributed by atoms with Gasteiger partial charge in [0.05, 0.1) is 32.5 Å². The molecule has 3 atom stereocenters. The Morgan fingerprint density at radius 2 is 1.72 bits per heavy atom. The summed E-state index contributed by atoms with van der Waals surface area (Å²) < 4.78 is 13.4. The summed E-state index contributed by atoms with van der Waals surface area (Å²) in [5, 5.41) is 13.3. The second-order valence-corrected chi connectivity index (χ2v) is 14.8. The van der Waals surface area contributed by atoms with Crippen molar-refractivity contribution in [2.45, 2.75) is 62.7 Å². The van der Waals surface area contributed by atoms with Crippen molar-refractivity contribution in [1.82, 2.24) is 34.8 Å². The number of fused-ring (bicyclic) bond motifs is 3. The Morgan fingerprint density at radius 3 is 2.38 bits per heavy atom. The van der Waals surface area contributed by atoms with E-state index >= 15 is 0 Å². The smallest absolute Gasteiger partial charge is 0.276 e. The third-order valence-corrected chi connectivity index (χ3v) is 11.6. The number of benzene rings is 2. The number of ether oxygens (including phenoxy) is 2. The lowest BCUT2D eigenvalue weighted by atomic mass is 9.89. The number of piperidine rings is 2. The van der Waals surface area contributed by atoms with Crippen LogP contribution in [0.3, 0.4) is 0 Å². The first-order chi connectivity index (χ1) is 25.7. The van der Waals surface area contributed by atoms with Gasteiger partial charge in [0, 0.05) is 68.0 Å². The molecule has 4 aliphatic heterocycles. The van der Waals surface area contributed by atoms with E-state index in [1.165, 1.54) is 5.56 Å². The Hall–Kier alpha value is -5.21. The van der Waals surface area contributed by atoms with E-state index in [2.05, 4.69) is 47.7 Å². The molecule has 3 N–H and O–H groups in total. The summed E-state index contributed by atoms with van der Waals surface area (Å²) in [4.78, 5) is 56.6. The molecule has 3 amide bonds. The largest absolute Gasteiger partial charge is 0.496 e. The Balaban J connectivity index is 0.850. The summed E-state index contributed by atoms with van der Waals surface area (Å²) >= 11 is 0. The van der Waals surface area contributed by atoms with E-state index < -0.39 is 6.04 Å². The first kappa shape index (κ1) is 34.9. The highest BCUT2D eigenvalue weighted by Gasteiger charge is 2.45. The van der Waals surface area contributed by atoms with Crippen LogP contribution < -0.4 is 25.7 Å². The summed E-state index contributed by atoms with van der Waals surface area (Å²) in [7, 11) is 5.05. The Bertz CT molecular complexity index is 2080. The number of nitrogens with one attached hydrogen (secondary N) is 3. The maximum Gasteiger partial charge on any atom is 0.276 e. The number of hydrogen-bond acceptors (Lipinski definition) is 10. The zero-order valence-corrected chi connectivity index (χ0v) is 30.4. The van der Waals surface area contributed by atoms with Crippen LogP contribution >= 0.6 is 0 Å². The molecule has 53 heavy (non-hydrogen) atoms. The molecule has 3 unspecified atom stereocenters. The average molecular weight is 723 g/mol. The van der Waals surface area contributed by atoms with Gasteiger partial charge < -0.3 is 24.3 Å². The summed E-state index contributed by atoms with van der Waals surface area (Å²) in [6, 6.07) is 12.3. The molecule has 4 fully saturated rings. The number of nitrogens with zero attached hydrogens (tertiary/aromatic N) is 5. The summed E-state index contributed by atoms with van der Waals surface area (Å²) in [6.45, 7) is 4.37. The molecule has 4 aromatic rings. The number of hydrogen-bond donors (Lipinski definition) is 3. The fourth-order valence-corrected chi connectivity index (χ4v) is 8.72. The minimum atomic E-state index is -0.395. The zero-order valence-electron chi connectivity index (χ0n) is 30.4. The van der Waals surface area contributed by atoms with E-state index in [9.17, 15) is 19.2 Å². The van der Waals surface area contributed by atoms with E-state index in [1.807, 2.05) is 30.5 Å². The number of methoxy groups -OCH3 is 2. The fourth-order valence-electron chi connectivity index (χ4n) is 8.72. The lowest BCUT2D eigenvalue weighted by Gasteiger charge is -2.37. The van der Waals surface area contributed by atoms with Gasteiger partial charge >= 0.3 is 0 Å². The first-order valence-corrected chi connectivity index (χ1v) is 18.4. The lowest BCUT2D eigenvalue weighted by Crippen LogP contribution is -2.51. The molecule has 2 aromatic heterocycles. The van der Waals surface area contributed by atoms with E-state index in [0.717, 1.165) is 73.2 Å². The van der Waals surface area contributed by atoms with Crippen LogP contribution in [-0.2, 0) is 28.0 Å². The standard InChI is InChI=1S/C39H46N8O6/c1-44-20-30(29-17-40-43-37(29)39(44)51)25-14-33(52-2)31(34(15-25)53-3)21-46-18-28-16-27(46)19-47(28)36(49)22-45-12-10-24(11-13-45)23-4-6-26(7-5-23)41-32-8-9-35(48)42-38(32)50/h4-7,14-15,17,20,24,27-28,32,41H,8-13,16,18-19,21-22H2,1-3H3,(H,40,43)(H,42,48,50). The summed E-state index contributed by atoms with van der Waals surface area (Å²) in [5.41, 5.74) is 5.13. The van der Waals surface area contributed by atoms with Gasteiger partial charge in [-0.1, -0.05) is 12.1 Å². The minimum absolute atomic E-state index is 0.139.